The lowest BCUT2D eigenvalue weighted by Gasteiger charge is -2.20. The number of ketones is 2. The van der Waals surface area contributed by atoms with E-state index >= 15 is 0 Å². The Kier molecular flexibility index (Phi) is 3.80. The van der Waals surface area contributed by atoms with Crippen molar-refractivity contribution in [2.24, 2.45) is 5.92 Å². The van der Waals surface area contributed by atoms with E-state index in [-0.39, 0.29) is 17.5 Å². The van der Waals surface area contributed by atoms with Crippen LogP contribution in [0.3, 0.4) is 0 Å². The fourth-order valence-electron chi connectivity index (χ4n) is 3.00. The van der Waals surface area contributed by atoms with Gasteiger partial charge in [0, 0.05) is 36.0 Å². The average molecular weight is 293 g/mol. The molecule has 1 heterocycles. The topological polar surface area (TPSA) is 37.4 Å². The maximum atomic E-state index is 12.5. The number of rotatable bonds is 3. The van der Waals surface area contributed by atoms with Gasteiger partial charge in [-0.25, -0.2) is 0 Å². The molecule has 1 aliphatic heterocycles. The van der Waals surface area contributed by atoms with Crippen molar-refractivity contribution in [1.29, 1.82) is 0 Å². The van der Waals surface area contributed by atoms with Crippen LogP contribution in [0.1, 0.15) is 41.0 Å². The minimum absolute atomic E-state index is 0.128. The van der Waals surface area contributed by atoms with E-state index in [1.54, 1.807) is 24.3 Å². The van der Waals surface area contributed by atoms with Crippen LogP contribution in [0.25, 0.3) is 0 Å². The van der Waals surface area contributed by atoms with Crippen molar-refractivity contribution < 1.29 is 9.59 Å². The van der Waals surface area contributed by atoms with E-state index < -0.39 is 0 Å². The summed E-state index contributed by atoms with van der Waals surface area (Å²) in [6, 6.07) is 7.06. The molecule has 1 aromatic carbocycles. The Morgan fingerprint density at radius 1 is 1.05 bits per heavy atom. The third kappa shape index (κ3) is 2.43. The summed E-state index contributed by atoms with van der Waals surface area (Å²) in [4.78, 5) is 27.0. The van der Waals surface area contributed by atoms with Crippen LogP contribution >= 0.6 is 0 Å². The second kappa shape index (κ2) is 5.76. The molecule has 3 nitrogen and oxygen atoms in total. The Labute approximate surface area is 130 Å². The monoisotopic (exact) mass is 293 g/mol. The molecule has 1 aromatic rings. The van der Waals surface area contributed by atoms with Gasteiger partial charge in [-0.3, -0.25) is 9.59 Å². The van der Waals surface area contributed by atoms with Crippen molar-refractivity contribution in [3.63, 3.8) is 0 Å². The van der Waals surface area contributed by atoms with E-state index in [2.05, 4.69) is 36.4 Å². The summed E-state index contributed by atoms with van der Waals surface area (Å²) in [7, 11) is 0. The maximum Gasteiger partial charge on any atom is 0.197 e. The summed E-state index contributed by atoms with van der Waals surface area (Å²) in [6.07, 6.45) is 9.03. The van der Waals surface area contributed by atoms with Gasteiger partial charge in [-0.05, 0) is 20.3 Å². The van der Waals surface area contributed by atoms with Crippen LogP contribution in [0, 0.1) is 5.92 Å². The molecule has 0 radical (unpaired) electrons. The first-order valence-electron chi connectivity index (χ1n) is 7.62. The fourth-order valence-corrected chi connectivity index (χ4v) is 3.00. The predicted octanol–water partition coefficient (Wildman–Crippen LogP) is 3.75. The van der Waals surface area contributed by atoms with Gasteiger partial charge in [0.05, 0.1) is 5.57 Å². The lowest BCUT2D eigenvalue weighted by atomic mass is 9.93. The zero-order valence-corrected chi connectivity index (χ0v) is 12.9. The van der Waals surface area contributed by atoms with Crippen molar-refractivity contribution in [2.75, 3.05) is 6.54 Å². The van der Waals surface area contributed by atoms with Crippen LogP contribution < -0.4 is 0 Å². The van der Waals surface area contributed by atoms with Crippen LogP contribution in [-0.4, -0.2) is 23.0 Å². The van der Waals surface area contributed by atoms with Crippen molar-refractivity contribution in [3.8, 4) is 0 Å². The maximum absolute atomic E-state index is 12.5. The number of benzene rings is 1. The number of hydrogen-bond acceptors (Lipinski definition) is 3. The zero-order chi connectivity index (χ0) is 15.7. The molecular weight excluding hydrogens is 274 g/mol. The predicted molar refractivity (Wildman–Crippen MR) is 86.6 cm³/mol. The van der Waals surface area contributed by atoms with Gasteiger partial charge in [-0.15, -0.1) is 0 Å². The summed E-state index contributed by atoms with van der Waals surface area (Å²) in [5.74, 6) is -0.0197. The highest BCUT2D eigenvalue weighted by Gasteiger charge is 2.34. The molecule has 0 fully saturated rings. The molecular formula is C19H19NO2. The quantitative estimate of drug-likeness (QED) is 0.629. The van der Waals surface area contributed by atoms with Gasteiger partial charge >= 0.3 is 0 Å². The molecule has 2 aliphatic rings. The fraction of sp³-hybridized carbons (Fsp3) is 0.263. The summed E-state index contributed by atoms with van der Waals surface area (Å²) in [6.45, 7) is 4.92. The largest absolute Gasteiger partial charge is 0.355 e. The van der Waals surface area contributed by atoms with Gasteiger partial charge in [-0.2, -0.15) is 0 Å². The van der Waals surface area contributed by atoms with Crippen molar-refractivity contribution >= 4 is 11.6 Å². The van der Waals surface area contributed by atoms with Crippen LogP contribution in [0.5, 0.6) is 0 Å². The zero-order valence-electron chi connectivity index (χ0n) is 12.9. The molecule has 22 heavy (non-hydrogen) atoms. The third-order valence-corrected chi connectivity index (χ3v) is 4.25. The van der Waals surface area contributed by atoms with E-state index in [0.717, 1.165) is 12.1 Å². The second-order valence-electron chi connectivity index (χ2n) is 5.74. The van der Waals surface area contributed by atoms with Crippen LogP contribution in [0.4, 0.5) is 0 Å². The van der Waals surface area contributed by atoms with E-state index in [1.165, 1.54) is 0 Å². The van der Waals surface area contributed by atoms with Gasteiger partial charge < -0.3 is 4.90 Å². The van der Waals surface area contributed by atoms with Crippen molar-refractivity contribution in [1.82, 2.24) is 4.90 Å². The normalized spacial score (nSPS) is 17.4. The molecule has 3 heteroatoms. The van der Waals surface area contributed by atoms with E-state index in [1.807, 2.05) is 6.92 Å². The van der Waals surface area contributed by atoms with Crippen LogP contribution in [0.15, 0.2) is 60.0 Å². The smallest absolute Gasteiger partial charge is 0.197 e. The molecule has 0 unspecified atom stereocenters. The number of hydrogen-bond donors (Lipinski definition) is 0. The van der Waals surface area contributed by atoms with Crippen molar-refractivity contribution in [3.05, 3.63) is 71.1 Å². The number of carbonyl (C=O) groups is 2. The molecule has 0 N–H and O–H groups in total. The van der Waals surface area contributed by atoms with Gasteiger partial charge in [0.2, 0.25) is 0 Å². The lowest BCUT2D eigenvalue weighted by molar-refractivity contribution is 0.0986. The minimum atomic E-state index is -0.128. The number of nitrogens with zero attached hydrogens (tertiary/aromatic N) is 1. The standard InChI is InChI=1S/C19H19NO2/c1-3-20-10-8-14(9-11-20)12-13(2)17-18(21)15-6-4-5-7-16(15)19(17)22/h4-11,14H,3,12H2,1-2H3. The molecule has 0 saturated carbocycles. The van der Waals surface area contributed by atoms with Gasteiger partial charge in [0.25, 0.3) is 0 Å². The van der Waals surface area contributed by atoms with E-state index in [4.69, 9.17) is 0 Å². The highest BCUT2D eigenvalue weighted by Crippen LogP contribution is 2.31. The number of Topliss-reactive ketones (excluding diaryl/α,β-unsaturated/α-hetero) is 2. The van der Waals surface area contributed by atoms with Gasteiger partial charge in [0.1, 0.15) is 0 Å². The summed E-state index contributed by atoms with van der Waals surface area (Å²) in [5.41, 5.74) is 2.30. The highest BCUT2D eigenvalue weighted by molar-refractivity contribution is 6.39. The Morgan fingerprint density at radius 2 is 1.59 bits per heavy atom. The lowest BCUT2D eigenvalue weighted by Crippen LogP contribution is -2.14. The molecule has 0 bridgehead atoms. The first kappa shape index (κ1) is 14.5. The summed E-state index contributed by atoms with van der Waals surface area (Å²) in [5, 5.41) is 0. The first-order valence-corrected chi connectivity index (χ1v) is 7.62. The van der Waals surface area contributed by atoms with Gasteiger partial charge in [0.15, 0.2) is 11.6 Å². The van der Waals surface area contributed by atoms with Crippen molar-refractivity contribution in [2.45, 2.75) is 20.3 Å². The molecule has 3 rings (SSSR count). The number of allylic oxidation sites excluding steroid dienone is 4. The summed E-state index contributed by atoms with van der Waals surface area (Å²) < 4.78 is 0. The first-order chi connectivity index (χ1) is 10.6. The molecule has 112 valence electrons. The van der Waals surface area contributed by atoms with Crippen LogP contribution in [0.2, 0.25) is 0 Å². The van der Waals surface area contributed by atoms with E-state index in [0.29, 0.717) is 23.1 Å². The number of carbonyl (C=O) groups excluding carboxylic acids is 2. The molecule has 0 atom stereocenters. The minimum Gasteiger partial charge on any atom is -0.355 e. The molecule has 0 saturated heterocycles. The summed E-state index contributed by atoms with van der Waals surface area (Å²) >= 11 is 0. The van der Waals surface area contributed by atoms with Crippen LogP contribution in [-0.2, 0) is 0 Å². The Hall–Kier alpha value is -2.42. The molecule has 1 aliphatic carbocycles. The molecule has 0 spiro atoms. The second-order valence-corrected chi connectivity index (χ2v) is 5.74. The van der Waals surface area contributed by atoms with Gasteiger partial charge in [-0.1, -0.05) is 42.0 Å². The third-order valence-electron chi connectivity index (χ3n) is 4.25. The Bertz CT molecular complexity index is 674. The number of fused-ring (bicyclic) bond motifs is 1. The highest BCUT2D eigenvalue weighted by atomic mass is 16.2. The van der Waals surface area contributed by atoms with E-state index in [9.17, 15) is 9.59 Å². The average Bonchev–Trinajstić information content (AvgIpc) is 2.80. The Balaban J connectivity index is 1.85. The Morgan fingerprint density at radius 3 is 2.09 bits per heavy atom. The molecule has 0 amide bonds. The SMILES string of the molecule is CCN1C=CC(CC(C)=C2C(=O)c3ccccc3C2=O)C=C1. The molecule has 0 aromatic heterocycles.